The highest BCUT2D eigenvalue weighted by Crippen LogP contribution is 2.19. The molecule has 0 aliphatic heterocycles. The molecule has 3 aromatic heterocycles. The van der Waals surface area contributed by atoms with Crippen molar-refractivity contribution in [3.05, 3.63) is 50.4 Å². The maximum absolute atomic E-state index is 13.4. The Balaban J connectivity index is 2.29. The number of rotatable bonds is 6. The van der Waals surface area contributed by atoms with Crippen molar-refractivity contribution in [2.24, 2.45) is 12.8 Å². The highest BCUT2D eigenvalue weighted by Gasteiger charge is 2.22. The van der Waals surface area contributed by atoms with Gasteiger partial charge in [0.15, 0.2) is 11.2 Å². The van der Waals surface area contributed by atoms with Gasteiger partial charge in [0.25, 0.3) is 5.56 Å². The van der Waals surface area contributed by atoms with E-state index in [4.69, 9.17) is 5.73 Å². The molecule has 10 nitrogen and oxygen atoms in total. The lowest BCUT2D eigenvalue weighted by Crippen LogP contribution is -2.40. The first kappa shape index (κ1) is 21.8. The zero-order chi connectivity index (χ0) is 22.7. The van der Waals surface area contributed by atoms with E-state index in [-0.39, 0.29) is 30.3 Å². The normalized spacial score (nSPS) is 11.6. The Kier molecular flexibility index (Phi) is 6.23. The number of hydrogen-bond acceptors (Lipinski definition) is 7. The molecule has 3 aromatic rings. The highest BCUT2D eigenvalue weighted by atomic mass is 16.2. The van der Waals surface area contributed by atoms with E-state index in [2.05, 4.69) is 21.8 Å². The molecule has 3 heterocycles. The van der Waals surface area contributed by atoms with Gasteiger partial charge >= 0.3 is 5.69 Å². The Bertz CT molecular complexity index is 1340. The summed E-state index contributed by atoms with van der Waals surface area (Å²) in [5, 5.41) is 9.33. The van der Waals surface area contributed by atoms with Crippen LogP contribution in [0.4, 0.5) is 5.95 Å². The summed E-state index contributed by atoms with van der Waals surface area (Å²) in [6, 6.07) is 5.15. The molecule has 0 saturated heterocycles. The van der Waals surface area contributed by atoms with Crippen molar-refractivity contribution in [3.8, 4) is 17.9 Å². The summed E-state index contributed by atoms with van der Waals surface area (Å²) >= 11 is 0. The van der Waals surface area contributed by atoms with E-state index in [0.29, 0.717) is 23.8 Å². The van der Waals surface area contributed by atoms with E-state index >= 15 is 0 Å². The zero-order valence-corrected chi connectivity index (χ0v) is 18.0. The van der Waals surface area contributed by atoms with Gasteiger partial charge in [0.2, 0.25) is 5.95 Å². The van der Waals surface area contributed by atoms with Crippen LogP contribution in [0.15, 0.2) is 27.9 Å². The Morgan fingerprint density at radius 1 is 1.32 bits per heavy atom. The van der Waals surface area contributed by atoms with Crippen LogP contribution in [0, 0.1) is 23.2 Å². The molecule has 0 saturated carbocycles. The van der Waals surface area contributed by atoms with Gasteiger partial charge in [-0.15, -0.1) is 5.92 Å². The number of aromatic nitrogens is 5. The minimum Gasteiger partial charge on any atom is -0.344 e. The maximum atomic E-state index is 13.4. The van der Waals surface area contributed by atoms with Crippen molar-refractivity contribution in [2.75, 3.05) is 18.5 Å². The summed E-state index contributed by atoms with van der Waals surface area (Å²) in [6.45, 7) is 4.19. The monoisotopic (exact) mass is 420 g/mol. The van der Waals surface area contributed by atoms with Gasteiger partial charge in [-0.3, -0.25) is 23.5 Å². The molecule has 1 unspecified atom stereocenters. The van der Waals surface area contributed by atoms with Crippen molar-refractivity contribution >= 4 is 17.1 Å². The average Bonchev–Trinajstić information content (AvgIpc) is 3.13. The number of likely N-dealkylation sites (N-methyl/N-ethyl adjacent to an activating group) is 1. The predicted molar refractivity (Wildman–Crippen MR) is 118 cm³/mol. The van der Waals surface area contributed by atoms with E-state index in [0.717, 1.165) is 4.57 Å². The molecule has 160 valence electrons. The van der Waals surface area contributed by atoms with Gasteiger partial charge in [-0.2, -0.15) is 10.2 Å². The van der Waals surface area contributed by atoms with E-state index in [1.807, 2.05) is 24.9 Å². The van der Waals surface area contributed by atoms with Crippen LogP contribution >= 0.6 is 0 Å². The molecule has 2 N–H and O–H groups in total. The summed E-state index contributed by atoms with van der Waals surface area (Å²) in [5.41, 5.74) is 6.04. The molecule has 0 amide bonds. The number of anilines is 1. The fourth-order valence-corrected chi connectivity index (χ4v) is 3.43. The molecule has 3 rings (SSSR count). The molecular weight excluding hydrogens is 396 g/mol. The van der Waals surface area contributed by atoms with Crippen LogP contribution in [0.5, 0.6) is 0 Å². The largest absolute Gasteiger partial charge is 0.344 e. The minimum atomic E-state index is -0.542. The lowest BCUT2D eigenvalue weighted by Gasteiger charge is -2.20. The Morgan fingerprint density at radius 3 is 2.71 bits per heavy atom. The molecule has 0 bridgehead atoms. The number of nitrogens with zero attached hydrogens (tertiary/aromatic N) is 7. The van der Waals surface area contributed by atoms with Crippen molar-refractivity contribution in [2.45, 2.75) is 33.0 Å². The first-order chi connectivity index (χ1) is 14.8. The Labute approximate surface area is 179 Å². The van der Waals surface area contributed by atoms with Crippen molar-refractivity contribution in [1.29, 1.82) is 5.26 Å². The van der Waals surface area contributed by atoms with Gasteiger partial charge in [0, 0.05) is 32.9 Å². The Morgan fingerprint density at radius 2 is 2.06 bits per heavy atom. The maximum Gasteiger partial charge on any atom is 0.332 e. The minimum absolute atomic E-state index is 0.121. The van der Waals surface area contributed by atoms with Gasteiger partial charge < -0.3 is 10.6 Å². The third-order valence-electron chi connectivity index (χ3n) is 4.85. The van der Waals surface area contributed by atoms with Gasteiger partial charge in [0.1, 0.15) is 6.07 Å². The molecule has 0 spiro atoms. The average molecular weight is 420 g/mol. The number of hydrogen-bond donors (Lipinski definition) is 1. The number of pyridine rings is 1. The van der Waals surface area contributed by atoms with Gasteiger partial charge in [-0.1, -0.05) is 5.92 Å². The standard InChI is InChI=1S/C21H24N8O2/c1-5-6-10-28-17-18(25-20(28)26(3)12-14(2)23)27(4)21(31)29(19(17)30)13-16-15(11-22)8-7-9-24-16/h7-9,14H,10,12-13,23H2,1-4H3. The topological polar surface area (TPSA) is 128 Å². The second-order valence-electron chi connectivity index (χ2n) is 7.30. The van der Waals surface area contributed by atoms with Crippen LogP contribution in [0.1, 0.15) is 25.1 Å². The van der Waals surface area contributed by atoms with E-state index in [1.165, 1.54) is 10.8 Å². The summed E-state index contributed by atoms with van der Waals surface area (Å²) in [7, 11) is 3.38. The number of aryl methyl sites for hydroxylation is 1. The van der Waals surface area contributed by atoms with E-state index in [1.54, 1.807) is 30.7 Å². The lowest BCUT2D eigenvalue weighted by atomic mass is 10.2. The Hall–Kier alpha value is -3.89. The molecule has 0 aromatic carbocycles. The number of nitrogens with two attached hydrogens (primary N) is 1. The first-order valence-corrected chi connectivity index (χ1v) is 9.70. The van der Waals surface area contributed by atoms with Crippen LogP contribution in [-0.4, -0.2) is 43.3 Å². The van der Waals surface area contributed by atoms with Crippen LogP contribution in [-0.2, 0) is 20.1 Å². The zero-order valence-electron chi connectivity index (χ0n) is 18.0. The van der Waals surface area contributed by atoms with Crippen LogP contribution in [0.2, 0.25) is 0 Å². The molecule has 0 fully saturated rings. The second-order valence-corrected chi connectivity index (χ2v) is 7.30. The fourth-order valence-electron chi connectivity index (χ4n) is 3.43. The molecule has 10 heteroatoms. The van der Waals surface area contributed by atoms with E-state index in [9.17, 15) is 14.9 Å². The molecule has 0 radical (unpaired) electrons. The molecule has 31 heavy (non-hydrogen) atoms. The van der Waals surface area contributed by atoms with Crippen LogP contribution < -0.4 is 21.9 Å². The summed E-state index contributed by atoms with van der Waals surface area (Å²) in [6.07, 6.45) is 1.52. The second kappa shape index (κ2) is 8.86. The van der Waals surface area contributed by atoms with Crippen molar-refractivity contribution in [1.82, 2.24) is 23.7 Å². The first-order valence-electron chi connectivity index (χ1n) is 9.70. The SMILES string of the molecule is CC#CCn1c(N(C)CC(C)N)nc2c1c(=O)n(Cc1ncccc1C#N)c(=O)n2C. The van der Waals surface area contributed by atoms with Crippen molar-refractivity contribution < 1.29 is 0 Å². The summed E-state index contributed by atoms with van der Waals surface area (Å²) in [4.78, 5) is 37.0. The third-order valence-corrected chi connectivity index (χ3v) is 4.85. The van der Waals surface area contributed by atoms with Crippen LogP contribution in [0.25, 0.3) is 11.2 Å². The molecule has 1 atom stereocenters. The smallest absolute Gasteiger partial charge is 0.332 e. The van der Waals surface area contributed by atoms with Gasteiger partial charge in [-0.25, -0.2) is 4.79 Å². The molecule has 0 aliphatic rings. The molecular formula is C21H24N8O2. The highest BCUT2D eigenvalue weighted by molar-refractivity contribution is 5.74. The lowest BCUT2D eigenvalue weighted by molar-refractivity contribution is 0.643. The third kappa shape index (κ3) is 4.06. The summed E-state index contributed by atoms with van der Waals surface area (Å²) < 4.78 is 4.08. The number of fused-ring (bicyclic) bond motifs is 1. The van der Waals surface area contributed by atoms with Crippen LogP contribution in [0.3, 0.4) is 0 Å². The molecule has 0 aliphatic carbocycles. The predicted octanol–water partition coefficient (Wildman–Crippen LogP) is 0.0184. The fraction of sp³-hybridized carbons (Fsp3) is 0.381. The van der Waals surface area contributed by atoms with Crippen molar-refractivity contribution in [3.63, 3.8) is 0 Å². The van der Waals surface area contributed by atoms with Gasteiger partial charge in [0.05, 0.1) is 24.3 Å². The van der Waals surface area contributed by atoms with E-state index < -0.39 is 11.2 Å². The quantitative estimate of drug-likeness (QED) is 0.557. The van der Waals surface area contributed by atoms with Gasteiger partial charge in [-0.05, 0) is 26.0 Å². The number of nitriles is 1. The summed E-state index contributed by atoms with van der Waals surface area (Å²) in [5.74, 6) is 6.29. The number of imidazole rings is 1.